The molecule has 4 rings (SSSR count). The van der Waals surface area contributed by atoms with Gasteiger partial charge in [-0.1, -0.05) is 44.2 Å². The standard InChI is InChI=1S/C24H24BrFN4O3/c1-4-28-19(14-33-13-16-8-6-5-7-9-16)27-30(24(28)32)22-20(15(2)3)18-11-10-17(26)12-29(18)23(31)21(22)25/h5-12,15H,4,13-14H2,1-3H3. The Morgan fingerprint density at radius 3 is 2.48 bits per heavy atom. The molecule has 3 aromatic heterocycles. The fourth-order valence-electron chi connectivity index (χ4n) is 3.93. The molecular weight excluding hydrogens is 491 g/mol. The van der Waals surface area contributed by atoms with E-state index in [0.29, 0.717) is 35.7 Å². The van der Waals surface area contributed by atoms with Gasteiger partial charge in [0.05, 0.1) is 17.8 Å². The predicted octanol–water partition coefficient (Wildman–Crippen LogP) is 4.41. The fraction of sp³-hybridized carbons (Fsp3) is 0.292. The molecule has 0 fully saturated rings. The van der Waals surface area contributed by atoms with Gasteiger partial charge < -0.3 is 4.74 Å². The quantitative estimate of drug-likeness (QED) is 0.366. The van der Waals surface area contributed by atoms with Gasteiger partial charge in [-0.2, -0.15) is 4.68 Å². The molecule has 0 amide bonds. The monoisotopic (exact) mass is 514 g/mol. The van der Waals surface area contributed by atoms with Crippen molar-refractivity contribution in [1.82, 2.24) is 18.7 Å². The van der Waals surface area contributed by atoms with Crippen molar-refractivity contribution in [3.8, 4) is 5.69 Å². The lowest BCUT2D eigenvalue weighted by atomic mass is 10.00. The smallest absolute Gasteiger partial charge is 0.350 e. The highest BCUT2D eigenvalue weighted by atomic mass is 79.9. The lowest BCUT2D eigenvalue weighted by molar-refractivity contribution is 0.0989. The Morgan fingerprint density at radius 2 is 1.82 bits per heavy atom. The molecule has 0 N–H and O–H groups in total. The van der Waals surface area contributed by atoms with Gasteiger partial charge in [0.25, 0.3) is 5.56 Å². The molecule has 3 heterocycles. The van der Waals surface area contributed by atoms with Gasteiger partial charge in [0.15, 0.2) is 5.82 Å². The Labute approximate surface area is 198 Å². The van der Waals surface area contributed by atoms with Crippen molar-refractivity contribution >= 4 is 21.4 Å². The SMILES string of the molecule is CCn1c(COCc2ccccc2)nn(-c2c(Br)c(=O)n3cc(F)ccc3c2C(C)C)c1=O. The van der Waals surface area contributed by atoms with Crippen LogP contribution in [0, 0.1) is 5.82 Å². The van der Waals surface area contributed by atoms with Crippen molar-refractivity contribution in [2.45, 2.75) is 46.4 Å². The summed E-state index contributed by atoms with van der Waals surface area (Å²) in [5.74, 6) is -0.141. The van der Waals surface area contributed by atoms with E-state index in [2.05, 4.69) is 21.0 Å². The van der Waals surface area contributed by atoms with Crippen LogP contribution >= 0.6 is 15.9 Å². The summed E-state index contributed by atoms with van der Waals surface area (Å²) in [6.45, 7) is 6.67. The molecule has 0 spiro atoms. The number of rotatable bonds is 7. The van der Waals surface area contributed by atoms with E-state index in [4.69, 9.17) is 4.74 Å². The third-order valence-electron chi connectivity index (χ3n) is 5.45. The van der Waals surface area contributed by atoms with E-state index in [1.807, 2.05) is 51.1 Å². The second-order valence-corrected chi connectivity index (χ2v) is 8.76. The molecule has 0 saturated carbocycles. The van der Waals surface area contributed by atoms with Crippen molar-refractivity contribution in [1.29, 1.82) is 0 Å². The second-order valence-electron chi connectivity index (χ2n) is 7.97. The number of benzene rings is 1. The summed E-state index contributed by atoms with van der Waals surface area (Å²) in [6, 6.07) is 12.6. The van der Waals surface area contributed by atoms with Crippen LogP contribution in [-0.4, -0.2) is 18.7 Å². The molecule has 7 nitrogen and oxygen atoms in total. The largest absolute Gasteiger partial charge is 0.369 e. The molecule has 0 aliphatic heterocycles. The summed E-state index contributed by atoms with van der Waals surface area (Å²) in [4.78, 5) is 26.3. The maximum atomic E-state index is 13.9. The molecule has 9 heteroatoms. The molecule has 1 aromatic carbocycles. The number of nitrogens with zero attached hydrogens (tertiary/aromatic N) is 4. The van der Waals surface area contributed by atoms with Gasteiger partial charge in [-0.15, -0.1) is 5.10 Å². The van der Waals surface area contributed by atoms with Crippen LogP contribution in [0.2, 0.25) is 0 Å². The van der Waals surface area contributed by atoms with E-state index < -0.39 is 11.4 Å². The van der Waals surface area contributed by atoms with Crippen molar-refractivity contribution in [3.05, 3.63) is 96.7 Å². The highest BCUT2D eigenvalue weighted by Gasteiger charge is 2.24. The number of hydrogen-bond donors (Lipinski definition) is 0. The minimum Gasteiger partial charge on any atom is -0.369 e. The van der Waals surface area contributed by atoms with Crippen LogP contribution < -0.4 is 11.2 Å². The molecule has 0 saturated heterocycles. The van der Waals surface area contributed by atoms with Crippen LogP contribution in [0.5, 0.6) is 0 Å². The van der Waals surface area contributed by atoms with E-state index >= 15 is 0 Å². The minimum absolute atomic E-state index is 0.0752. The first kappa shape index (κ1) is 23.1. The van der Waals surface area contributed by atoms with Gasteiger partial charge in [-0.25, -0.2) is 9.18 Å². The Morgan fingerprint density at radius 1 is 1.09 bits per heavy atom. The van der Waals surface area contributed by atoms with Crippen molar-refractivity contribution in [2.24, 2.45) is 0 Å². The Hall–Kier alpha value is -3.04. The van der Waals surface area contributed by atoms with Crippen LogP contribution in [0.25, 0.3) is 11.2 Å². The third-order valence-corrected chi connectivity index (χ3v) is 6.16. The molecule has 0 unspecified atom stereocenters. The van der Waals surface area contributed by atoms with Crippen molar-refractivity contribution in [2.75, 3.05) is 0 Å². The van der Waals surface area contributed by atoms with Gasteiger partial charge in [0.1, 0.15) is 16.9 Å². The zero-order valence-electron chi connectivity index (χ0n) is 18.6. The van der Waals surface area contributed by atoms with Crippen LogP contribution in [0.4, 0.5) is 4.39 Å². The summed E-state index contributed by atoms with van der Waals surface area (Å²) >= 11 is 3.36. The molecule has 33 heavy (non-hydrogen) atoms. The third kappa shape index (κ3) is 4.30. The number of pyridine rings is 2. The fourth-order valence-corrected chi connectivity index (χ4v) is 4.50. The van der Waals surface area contributed by atoms with E-state index in [1.54, 1.807) is 6.07 Å². The molecule has 0 atom stereocenters. The number of ether oxygens (including phenoxy) is 1. The van der Waals surface area contributed by atoms with E-state index in [-0.39, 0.29) is 22.7 Å². The molecule has 4 aromatic rings. The van der Waals surface area contributed by atoms with Crippen molar-refractivity contribution in [3.63, 3.8) is 0 Å². The molecule has 0 bridgehead atoms. The Balaban J connectivity index is 1.84. The average Bonchev–Trinajstić information content (AvgIpc) is 3.11. The summed E-state index contributed by atoms with van der Waals surface area (Å²) in [6.07, 6.45) is 1.15. The highest BCUT2D eigenvalue weighted by molar-refractivity contribution is 9.10. The number of hydrogen-bond acceptors (Lipinski definition) is 4. The molecular formula is C24H24BrFN4O3. The lowest BCUT2D eigenvalue weighted by Gasteiger charge is -2.17. The Kier molecular flexibility index (Phi) is 6.62. The number of fused-ring (bicyclic) bond motifs is 1. The van der Waals surface area contributed by atoms with Crippen molar-refractivity contribution < 1.29 is 9.13 Å². The van der Waals surface area contributed by atoms with Gasteiger partial charge in [-0.3, -0.25) is 13.8 Å². The summed E-state index contributed by atoms with van der Waals surface area (Å²) < 4.78 is 23.8. The van der Waals surface area contributed by atoms with Gasteiger partial charge in [0, 0.05) is 18.3 Å². The topological polar surface area (TPSA) is 70.5 Å². The summed E-state index contributed by atoms with van der Waals surface area (Å²) in [5, 5.41) is 4.54. The van der Waals surface area contributed by atoms with Gasteiger partial charge in [-0.05, 0) is 46.5 Å². The van der Waals surface area contributed by atoms with Gasteiger partial charge in [0.2, 0.25) is 0 Å². The predicted molar refractivity (Wildman–Crippen MR) is 127 cm³/mol. The van der Waals surface area contributed by atoms with Gasteiger partial charge >= 0.3 is 5.69 Å². The first-order valence-electron chi connectivity index (χ1n) is 10.7. The average molecular weight is 515 g/mol. The van der Waals surface area contributed by atoms with Crippen LogP contribution in [0.1, 0.15) is 43.6 Å². The van der Waals surface area contributed by atoms with Crippen LogP contribution in [0.15, 0.2) is 62.7 Å². The maximum Gasteiger partial charge on any atom is 0.350 e. The van der Waals surface area contributed by atoms with E-state index in [0.717, 1.165) is 11.8 Å². The van der Waals surface area contributed by atoms with Crippen LogP contribution in [-0.2, 0) is 24.5 Å². The van der Waals surface area contributed by atoms with Crippen LogP contribution in [0.3, 0.4) is 0 Å². The summed E-state index contributed by atoms with van der Waals surface area (Å²) in [5.41, 5.74) is 1.77. The Bertz CT molecular complexity index is 1420. The number of aromatic nitrogens is 4. The first-order valence-corrected chi connectivity index (χ1v) is 11.5. The number of halogens is 2. The normalized spacial score (nSPS) is 11.6. The summed E-state index contributed by atoms with van der Waals surface area (Å²) in [7, 11) is 0. The molecule has 0 radical (unpaired) electrons. The zero-order valence-corrected chi connectivity index (χ0v) is 20.2. The van der Waals surface area contributed by atoms with E-state index in [1.165, 1.54) is 19.7 Å². The maximum absolute atomic E-state index is 13.9. The first-order chi connectivity index (χ1) is 15.8. The lowest BCUT2D eigenvalue weighted by Crippen LogP contribution is -2.28. The second kappa shape index (κ2) is 9.44. The highest BCUT2D eigenvalue weighted by Crippen LogP contribution is 2.30. The molecule has 0 aliphatic rings. The molecule has 172 valence electrons. The molecule has 0 aliphatic carbocycles. The zero-order chi connectivity index (χ0) is 23.7. The minimum atomic E-state index is -0.524. The van der Waals surface area contributed by atoms with E-state index in [9.17, 15) is 14.0 Å².